The Labute approximate surface area is 123 Å². The van der Waals surface area contributed by atoms with Crippen LogP contribution < -0.4 is 15.8 Å². The maximum atomic E-state index is 12.1. The van der Waals surface area contributed by atoms with Crippen molar-refractivity contribution in [3.8, 4) is 5.75 Å². The first-order valence-corrected chi connectivity index (χ1v) is 6.58. The highest BCUT2D eigenvalue weighted by molar-refractivity contribution is 6.04. The summed E-state index contributed by atoms with van der Waals surface area (Å²) in [5.74, 6) is 0.492. The van der Waals surface area contributed by atoms with Crippen LogP contribution in [-0.4, -0.2) is 26.2 Å². The second-order valence-corrected chi connectivity index (χ2v) is 4.45. The van der Waals surface area contributed by atoms with Crippen LogP contribution in [0.25, 0.3) is 0 Å². The molecule has 0 aromatic heterocycles. The number of carbonyl (C=O) groups is 1. The zero-order valence-corrected chi connectivity index (χ0v) is 11.8. The van der Waals surface area contributed by atoms with Crippen LogP contribution in [0, 0.1) is 0 Å². The van der Waals surface area contributed by atoms with Gasteiger partial charge in [0.25, 0.3) is 5.91 Å². The van der Waals surface area contributed by atoms with E-state index in [-0.39, 0.29) is 5.91 Å². The molecule has 2 aromatic rings. The molecule has 2 rings (SSSR count). The summed E-state index contributed by atoms with van der Waals surface area (Å²) in [5.41, 5.74) is 7.45. The SMILES string of the molecule is COCCOc1cccc(NC(=O)c2ccc(N)cc2)c1. The van der Waals surface area contributed by atoms with Crippen LogP contribution in [-0.2, 0) is 4.74 Å². The zero-order chi connectivity index (χ0) is 15.1. The van der Waals surface area contributed by atoms with Gasteiger partial charge in [0.2, 0.25) is 0 Å². The maximum Gasteiger partial charge on any atom is 0.255 e. The van der Waals surface area contributed by atoms with E-state index in [0.29, 0.717) is 35.9 Å². The van der Waals surface area contributed by atoms with Crippen molar-refractivity contribution in [2.75, 3.05) is 31.4 Å². The van der Waals surface area contributed by atoms with E-state index < -0.39 is 0 Å². The van der Waals surface area contributed by atoms with Crippen molar-refractivity contribution in [3.05, 3.63) is 54.1 Å². The Hall–Kier alpha value is -2.53. The molecule has 1 amide bonds. The predicted molar refractivity (Wildman–Crippen MR) is 82.6 cm³/mol. The average molecular weight is 286 g/mol. The van der Waals surface area contributed by atoms with Gasteiger partial charge < -0.3 is 20.5 Å². The first-order valence-electron chi connectivity index (χ1n) is 6.58. The largest absolute Gasteiger partial charge is 0.491 e. The van der Waals surface area contributed by atoms with Gasteiger partial charge in [0.1, 0.15) is 12.4 Å². The second-order valence-electron chi connectivity index (χ2n) is 4.45. The number of nitrogen functional groups attached to an aromatic ring is 1. The number of hydrogen-bond acceptors (Lipinski definition) is 4. The molecule has 2 aromatic carbocycles. The van der Waals surface area contributed by atoms with E-state index in [9.17, 15) is 4.79 Å². The summed E-state index contributed by atoms with van der Waals surface area (Å²) in [6.07, 6.45) is 0. The normalized spacial score (nSPS) is 10.1. The van der Waals surface area contributed by atoms with E-state index in [0.717, 1.165) is 0 Å². The molecule has 0 aliphatic rings. The predicted octanol–water partition coefficient (Wildman–Crippen LogP) is 2.55. The monoisotopic (exact) mass is 286 g/mol. The Morgan fingerprint density at radius 1 is 1.14 bits per heavy atom. The van der Waals surface area contributed by atoms with Crippen molar-refractivity contribution in [2.45, 2.75) is 0 Å². The molecule has 0 atom stereocenters. The van der Waals surface area contributed by atoms with Crippen LogP contribution in [0.2, 0.25) is 0 Å². The van der Waals surface area contributed by atoms with Crippen LogP contribution in [0.3, 0.4) is 0 Å². The molecule has 0 radical (unpaired) electrons. The Bertz CT molecular complexity index is 597. The van der Waals surface area contributed by atoms with Gasteiger partial charge in [-0.3, -0.25) is 4.79 Å². The zero-order valence-electron chi connectivity index (χ0n) is 11.8. The second kappa shape index (κ2) is 7.31. The molecule has 0 aliphatic carbocycles. The van der Waals surface area contributed by atoms with Crippen molar-refractivity contribution in [1.29, 1.82) is 0 Å². The number of methoxy groups -OCH3 is 1. The maximum absolute atomic E-state index is 12.1. The number of anilines is 2. The van der Waals surface area contributed by atoms with Gasteiger partial charge in [-0.25, -0.2) is 0 Å². The van der Waals surface area contributed by atoms with Crippen molar-refractivity contribution < 1.29 is 14.3 Å². The smallest absolute Gasteiger partial charge is 0.255 e. The number of nitrogens with one attached hydrogen (secondary N) is 1. The first-order chi connectivity index (χ1) is 10.2. The molecule has 0 saturated heterocycles. The molecule has 0 spiro atoms. The quantitative estimate of drug-likeness (QED) is 0.632. The third kappa shape index (κ3) is 4.50. The fourth-order valence-corrected chi connectivity index (χ4v) is 1.74. The Kier molecular flexibility index (Phi) is 5.17. The molecule has 5 nitrogen and oxygen atoms in total. The molecule has 0 unspecified atom stereocenters. The minimum absolute atomic E-state index is 0.191. The van der Waals surface area contributed by atoms with E-state index in [2.05, 4.69) is 5.32 Å². The van der Waals surface area contributed by atoms with Gasteiger partial charge in [0.05, 0.1) is 6.61 Å². The Morgan fingerprint density at radius 3 is 2.62 bits per heavy atom. The summed E-state index contributed by atoms with van der Waals surface area (Å²) >= 11 is 0. The molecule has 3 N–H and O–H groups in total. The third-order valence-corrected chi connectivity index (χ3v) is 2.82. The molecule has 21 heavy (non-hydrogen) atoms. The molecular formula is C16H18N2O3. The topological polar surface area (TPSA) is 73.6 Å². The Balaban J connectivity index is 2.00. The van der Waals surface area contributed by atoms with Gasteiger partial charge in [-0.2, -0.15) is 0 Å². The fraction of sp³-hybridized carbons (Fsp3) is 0.188. The molecule has 110 valence electrons. The number of rotatable bonds is 6. The molecule has 0 aliphatic heterocycles. The molecular weight excluding hydrogens is 268 g/mol. The van der Waals surface area contributed by atoms with Crippen LogP contribution in [0.15, 0.2) is 48.5 Å². The van der Waals surface area contributed by atoms with Crippen molar-refractivity contribution in [3.63, 3.8) is 0 Å². The van der Waals surface area contributed by atoms with Gasteiger partial charge in [-0.15, -0.1) is 0 Å². The number of benzene rings is 2. The highest BCUT2D eigenvalue weighted by Gasteiger charge is 2.06. The highest BCUT2D eigenvalue weighted by atomic mass is 16.5. The summed E-state index contributed by atoms with van der Waals surface area (Å²) in [6.45, 7) is 0.980. The summed E-state index contributed by atoms with van der Waals surface area (Å²) in [7, 11) is 1.62. The summed E-state index contributed by atoms with van der Waals surface area (Å²) in [5, 5.41) is 2.82. The lowest BCUT2D eigenvalue weighted by molar-refractivity contribution is 0.102. The van der Waals surface area contributed by atoms with E-state index in [4.69, 9.17) is 15.2 Å². The number of amides is 1. The van der Waals surface area contributed by atoms with Crippen molar-refractivity contribution >= 4 is 17.3 Å². The number of ether oxygens (including phenoxy) is 2. The van der Waals surface area contributed by atoms with Gasteiger partial charge in [-0.1, -0.05) is 6.07 Å². The molecule has 0 fully saturated rings. The van der Waals surface area contributed by atoms with Crippen LogP contribution in [0.5, 0.6) is 5.75 Å². The van der Waals surface area contributed by atoms with Crippen molar-refractivity contribution in [1.82, 2.24) is 0 Å². The van der Waals surface area contributed by atoms with Gasteiger partial charge >= 0.3 is 0 Å². The number of carbonyl (C=O) groups excluding carboxylic acids is 1. The van der Waals surface area contributed by atoms with E-state index in [1.807, 2.05) is 12.1 Å². The third-order valence-electron chi connectivity index (χ3n) is 2.82. The van der Waals surface area contributed by atoms with Gasteiger partial charge in [0.15, 0.2) is 0 Å². The fourth-order valence-electron chi connectivity index (χ4n) is 1.74. The van der Waals surface area contributed by atoms with Crippen LogP contribution >= 0.6 is 0 Å². The lowest BCUT2D eigenvalue weighted by Crippen LogP contribution is -2.12. The lowest BCUT2D eigenvalue weighted by atomic mass is 10.2. The molecule has 0 saturated carbocycles. The van der Waals surface area contributed by atoms with Gasteiger partial charge in [0, 0.05) is 30.1 Å². The first kappa shape index (κ1) is 14.9. The Morgan fingerprint density at radius 2 is 1.90 bits per heavy atom. The minimum atomic E-state index is -0.191. The molecule has 5 heteroatoms. The highest BCUT2D eigenvalue weighted by Crippen LogP contribution is 2.18. The van der Waals surface area contributed by atoms with E-state index >= 15 is 0 Å². The summed E-state index contributed by atoms with van der Waals surface area (Å²) in [4.78, 5) is 12.1. The number of hydrogen-bond donors (Lipinski definition) is 2. The standard InChI is InChI=1S/C16H18N2O3/c1-20-9-10-21-15-4-2-3-14(11-15)18-16(19)12-5-7-13(17)8-6-12/h2-8,11H,9-10,17H2,1H3,(H,18,19). The average Bonchev–Trinajstić information content (AvgIpc) is 2.48. The van der Waals surface area contributed by atoms with Gasteiger partial charge in [-0.05, 0) is 36.4 Å². The van der Waals surface area contributed by atoms with Crippen molar-refractivity contribution in [2.24, 2.45) is 0 Å². The minimum Gasteiger partial charge on any atom is -0.491 e. The van der Waals surface area contributed by atoms with Crippen LogP contribution in [0.1, 0.15) is 10.4 Å². The van der Waals surface area contributed by atoms with E-state index in [1.54, 1.807) is 43.5 Å². The summed E-state index contributed by atoms with van der Waals surface area (Å²) in [6, 6.07) is 14.0. The van der Waals surface area contributed by atoms with Crippen LogP contribution in [0.4, 0.5) is 11.4 Å². The number of nitrogens with two attached hydrogens (primary N) is 1. The molecule has 0 heterocycles. The lowest BCUT2D eigenvalue weighted by Gasteiger charge is -2.09. The summed E-state index contributed by atoms with van der Waals surface area (Å²) < 4.78 is 10.4. The molecule has 0 bridgehead atoms. The van der Waals surface area contributed by atoms with E-state index in [1.165, 1.54) is 0 Å².